The van der Waals surface area contributed by atoms with Crippen LogP contribution in [0.15, 0.2) is 23.3 Å². The maximum Gasteiger partial charge on any atom is 0.308 e. The summed E-state index contributed by atoms with van der Waals surface area (Å²) >= 11 is 0. The number of hydrogen-bond acceptors (Lipinski definition) is 3. The van der Waals surface area contributed by atoms with Crippen molar-refractivity contribution in [1.29, 1.82) is 0 Å². The van der Waals surface area contributed by atoms with Crippen molar-refractivity contribution in [2.45, 2.75) is 20.4 Å². The van der Waals surface area contributed by atoms with Gasteiger partial charge in [0.1, 0.15) is 5.75 Å². The fraction of sp³-hybridized carbons (Fsp3) is 0.300. The van der Waals surface area contributed by atoms with Gasteiger partial charge in [-0.2, -0.15) is 0 Å². The van der Waals surface area contributed by atoms with Gasteiger partial charge in [-0.05, 0) is 24.1 Å². The third-order valence-electron chi connectivity index (χ3n) is 1.91. The van der Waals surface area contributed by atoms with Crippen molar-refractivity contribution >= 4 is 5.97 Å². The summed E-state index contributed by atoms with van der Waals surface area (Å²) in [5.41, 5.74) is 9.91. The zero-order valence-electron chi connectivity index (χ0n) is 8.60. The van der Waals surface area contributed by atoms with E-state index >= 15 is 0 Å². The minimum atomic E-state index is -0.386. The van der Waals surface area contributed by atoms with Crippen molar-refractivity contribution in [2.24, 2.45) is 5.11 Å². The Bertz CT molecular complexity index is 423. The molecule has 0 saturated heterocycles. The first-order valence-electron chi connectivity index (χ1n) is 4.43. The monoisotopic (exact) mass is 205 g/mol. The maximum absolute atomic E-state index is 10.8. The van der Waals surface area contributed by atoms with E-state index < -0.39 is 0 Å². The van der Waals surface area contributed by atoms with Crippen LogP contribution in [-0.4, -0.2) is 5.97 Å². The number of hydrogen-bond donors (Lipinski definition) is 0. The lowest BCUT2D eigenvalue weighted by atomic mass is 10.1. The Labute approximate surface area is 87.3 Å². The molecule has 1 aromatic carbocycles. The van der Waals surface area contributed by atoms with Crippen molar-refractivity contribution in [2.75, 3.05) is 0 Å². The average Bonchev–Trinajstić information content (AvgIpc) is 2.16. The molecule has 0 fully saturated rings. The number of benzene rings is 1. The number of carbonyl (C=O) groups excluding carboxylic acids is 1. The van der Waals surface area contributed by atoms with Gasteiger partial charge in [0.15, 0.2) is 0 Å². The van der Waals surface area contributed by atoms with Crippen LogP contribution in [0.2, 0.25) is 0 Å². The molecule has 0 N–H and O–H groups in total. The summed E-state index contributed by atoms with van der Waals surface area (Å²) < 4.78 is 5.00. The molecule has 0 aliphatic carbocycles. The van der Waals surface area contributed by atoms with Crippen molar-refractivity contribution in [1.82, 2.24) is 0 Å². The van der Waals surface area contributed by atoms with E-state index in [9.17, 15) is 4.79 Å². The summed E-state index contributed by atoms with van der Waals surface area (Å²) in [7, 11) is 0. The van der Waals surface area contributed by atoms with E-state index in [2.05, 4.69) is 10.0 Å². The summed E-state index contributed by atoms with van der Waals surface area (Å²) in [6.45, 7) is 3.39. The number of rotatable bonds is 3. The molecule has 15 heavy (non-hydrogen) atoms. The molecule has 0 aliphatic heterocycles. The highest BCUT2D eigenvalue weighted by Crippen LogP contribution is 2.23. The molecule has 0 atom stereocenters. The van der Waals surface area contributed by atoms with Gasteiger partial charge >= 0.3 is 5.97 Å². The SMILES string of the molecule is CC(=O)Oc1cccc(C)c1CN=[N+]=[N-]. The minimum absolute atomic E-state index is 0.186. The highest BCUT2D eigenvalue weighted by Gasteiger charge is 2.07. The van der Waals surface area contributed by atoms with Crippen LogP contribution in [0.1, 0.15) is 18.1 Å². The van der Waals surface area contributed by atoms with E-state index in [1.165, 1.54) is 6.92 Å². The zero-order chi connectivity index (χ0) is 11.3. The van der Waals surface area contributed by atoms with Crippen LogP contribution in [0.3, 0.4) is 0 Å². The molecule has 0 aliphatic rings. The lowest BCUT2D eigenvalue weighted by Crippen LogP contribution is -2.04. The van der Waals surface area contributed by atoms with Crippen LogP contribution in [0.4, 0.5) is 0 Å². The van der Waals surface area contributed by atoms with Crippen molar-refractivity contribution < 1.29 is 9.53 Å². The first kappa shape index (κ1) is 11.1. The topological polar surface area (TPSA) is 75.1 Å². The van der Waals surface area contributed by atoms with Crippen molar-refractivity contribution in [3.8, 4) is 5.75 Å². The van der Waals surface area contributed by atoms with Gasteiger partial charge in [0.05, 0.1) is 6.54 Å². The third kappa shape index (κ3) is 3.00. The zero-order valence-corrected chi connectivity index (χ0v) is 8.60. The Morgan fingerprint density at radius 1 is 1.60 bits per heavy atom. The third-order valence-corrected chi connectivity index (χ3v) is 1.91. The van der Waals surface area contributed by atoms with Gasteiger partial charge < -0.3 is 4.74 Å². The van der Waals surface area contributed by atoms with E-state index in [0.717, 1.165) is 11.1 Å². The molecule has 0 spiro atoms. The van der Waals surface area contributed by atoms with Crippen LogP contribution < -0.4 is 4.74 Å². The second kappa shape index (κ2) is 5.02. The van der Waals surface area contributed by atoms with Crippen LogP contribution in [0, 0.1) is 6.92 Å². The second-order valence-corrected chi connectivity index (χ2v) is 3.03. The Hall–Kier alpha value is -2.00. The lowest BCUT2D eigenvalue weighted by Gasteiger charge is -2.09. The van der Waals surface area contributed by atoms with E-state index in [1.807, 2.05) is 13.0 Å². The molecule has 5 heteroatoms. The fourth-order valence-corrected chi connectivity index (χ4v) is 1.23. The molecule has 0 amide bonds. The normalized spacial score (nSPS) is 9.20. The van der Waals surface area contributed by atoms with E-state index in [-0.39, 0.29) is 12.5 Å². The lowest BCUT2D eigenvalue weighted by molar-refractivity contribution is -0.131. The van der Waals surface area contributed by atoms with Gasteiger partial charge in [0.25, 0.3) is 0 Å². The van der Waals surface area contributed by atoms with E-state index in [1.54, 1.807) is 12.1 Å². The molecule has 1 aromatic rings. The summed E-state index contributed by atoms with van der Waals surface area (Å²) in [5, 5.41) is 3.46. The van der Waals surface area contributed by atoms with Gasteiger partial charge in [-0.15, -0.1) is 0 Å². The second-order valence-electron chi connectivity index (χ2n) is 3.03. The molecule has 5 nitrogen and oxygen atoms in total. The molecular weight excluding hydrogens is 194 g/mol. The average molecular weight is 205 g/mol. The Morgan fingerprint density at radius 2 is 2.33 bits per heavy atom. The van der Waals surface area contributed by atoms with Gasteiger partial charge in [0, 0.05) is 17.4 Å². The standard InChI is InChI=1S/C10H11N3O2/c1-7-4-3-5-10(15-8(2)14)9(7)6-12-13-11/h3-5H,6H2,1-2H3. The first-order valence-corrected chi connectivity index (χ1v) is 4.43. The highest BCUT2D eigenvalue weighted by atomic mass is 16.5. The molecule has 0 saturated carbocycles. The number of esters is 1. The first-order chi connectivity index (χ1) is 7.15. The Balaban J connectivity index is 3.07. The number of aryl methyl sites for hydroxylation is 1. The predicted octanol–water partition coefficient (Wildman–Crippen LogP) is 2.73. The van der Waals surface area contributed by atoms with E-state index in [4.69, 9.17) is 10.3 Å². The van der Waals surface area contributed by atoms with E-state index in [0.29, 0.717) is 5.75 Å². The molecule has 1 rings (SSSR count). The quantitative estimate of drug-likeness (QED) is 0.250. The van der Waals surface area contributed by atoms with Crippen LogP contribution in [-0.2, 0) is 11.3 Å². The Kier molecular flexibility index (Phi) is 3.71. The van der Waals surface area contributed by atoms with Gasteiger partial charge in [-0.3, -0.25) is 4.79 Å². The molecule has 78 valence electrons. The molecular formula is C10H11N3O2. The fourth-order valence-electron chi connectivity index (χ4n) is 1.23. The predicted molar refractivity (Wildman–Crippen MR) is 55.3 cm³/mol. The largest absolute Gasteiger partial charge is 0.426 e. The smallest absolute Gasteiger partial charge is 0.308 e. The minimum Gasteiger partial charge on any atom is -0.426 e. The summed E-state index contributed by atoms with van der Waals surface area (Å²) in [6.07, 6.45) is 0. The number of nitrogens with zero attached hydrogens (tertiary/aromatic N) is 3. The molecule has 0 aromatic heterocycles. The molecule has 0 radical (unpaired) electrons. The highest BCUT2D eigenvalue weighted by molar-refractivity contribution is 5.70. The molecule has 0 unspecified atom stereocenters. The van der Waals surface area contributed by atoms with Gasteiger partial charge in [0.2, 0.25) is 0 Å². The Morgan fingerprint density at radius 3 is 2.93 bits per heavy atom. The van der Waals surface area contributed by atoms with Crippen molar-refractivity contribution in [3.63, 3.8) is 0 Å². The molecule has 0 heterocycles. The van der Waals surface area contributed by atoms with Crippen LogP contribution in [0.25, 0.3) is 10.4 Å². The number of azide groups is 1. The summed E-state index contributed by atoms with van der Waals surface area (Å²) in [4.78, 5) is 13.5. The van der Waals surface area contributed by atoms with Crippen molar-refractivity contribution in [3.05, 3.63) is 39.8 Å². The van der Waals surface area contributed by atoms with Gasteiger partial charge in [-0.25, -0.2) is 0 Å². The van der Waals surface area contributed by atoms with Crippen LogP contribution >= 0.6 is 0 Å². The number of ether oxygens (including phenoxy) is 1. The maximum atomic E-state index is 10.8. The summed E-state index contributed by atoms with van der Waals surface area (Å²) in [5.74, 6) is 0.0673. The summed E-state index contributed by atoms with van der Waals surface area (Å²) in [6, 6.07) is 5.33. The van der Waals surface area contributed by atoms with Gasteiger partial charge in [-0.1, -0.05) is 17.2 Å². The molecule has 0 bridgehead atoms. The number of carbonyl (C=O) groups is 1. The van der Waals surface area contributed by atoms with Crippen LogP contribution in [0.5, 0.6) is 5.75 Å².